The van der Waals surface area contributed by atoms with E-state index in [2.05, 4.69) is 16.1 Å². The summed E-state index contributed by atoms with van der Waals surface area (Å²) in [6.45, 7) is 0.393. The van der Waals surface area contributed by atoms with E-state index in [1.54, 1.807) is 0 Å². The van der Waals surface area contributed by atoms with E-state index in [0.717, 1.165) is 11.1 Å². The van der Waals surface area contributed by atoms with Crippen LogP contribution in [-0.4, -0.2) is 6.40 Å². The van der Waals surface area contributed by atoms with Crippen LogP contribution in [0, 0.1) is 11.3 Å². The van der Waals surface area contributed by atoms with Crippen LogP contribution in [0.25, 0.3) is 0 Å². The van der Waals surface area contributed by atoms with Crippen molar-refractivity contribution < 1.29 is 9.57 Å². The van der Waals surface area contributed by atoms with Crippen LogP contribution < -0.4 is 0 Å². The summed E-state index contributed by atoms with van der Waals surface area (Å²) < 4.78 is 5.60. The minimum Gasteiger partial charge on any atom is -0.354 e. The van der Waals surface area contributed by atoms with Gasteiger partial charge in [-0.05, 0) is 28.4 Å². The van der Waals surface area contributed by atoms with E-state index in [1.165, 1.54) is 6.40 Å². The van der Waals surface area contributed by atoms with Gasteiger partial charge in [0, 0.05) is 5.02 Å². The smallest absolute Gasteiger partial charge is 0.249 e. The second-order valence-electron chi connectivity index (χ2n) is 4.17. The largest absolute Gasteiger partial charge is 0.354 e. The summed E-state index contributed by atoms with van der Waals surface area (Å²) in [5.41, 5.74) is 1.87. The molecule has 1 atom stereocenters. The van der Waals surface area contributed by atoms with Gasteiger partial charge in [0.1, 0.15) is 0 Å². The molecule has 0 aliphatic carbocycles. The Morgan fingerprint density at radius 1 is 1.14 bits per heavy atom. The Hall–Kier alpha value is -2.35. The highest BCUT2D eigenvalue weighted by Crippen LogP contribution is 2.18. The number of nitrogens with zero attached hydrogens (tertiary/aromatic N) is 2. The lowest BCUT2D eigenvalue weighted by Crippen LogP contribution is -2.02. The van der Waals surface area contributed by atoms with Crippen molar-refractivity contribution in [2.45, 2.75) is 12.7 Å². The molecule has 0 saturated carbocycles. The molecule has 0 aromatic heterocycles. The third-order valence-electron chi connectivity index (χ3n) is 2.65. The molecule has 21 heavy (non-hydrogen) atoms. The van der Waals surface area contributed by atoms with Crippen LogP contribution in [0.5, 0.6) is 0 Å². The number of nitriles is 1. The molecule has 2 aromatic rings. The van der Waals surface area contributed by atoms with Gasteiger partial charge in [0.25, 0.3) is 0 Å². The molecular formula is C16H13ClN2O2. The molecule has 0 radical (unpaired) electrons. The van der Waals surface area contributed by atoms with E-state index in [-0.39, 0.29) is 0 Å². The molecule has 106 valence electrons. The topological polar surface area (TPSA) is 57.9 Å². The summed E-state index contributed by atoms with van der Waals surface area (Å²) in [7, 11) is 0. The number of hydrogen-bond donors (Lipinski definition) is 0. The second-order valence-corrected chi connectivity index (χ2v) is 4.61. The monoisotopic (exact) mass is 300 g/mol. The number of halogens is 1. The summed E-state index contributed by atoms with van der Waals surface area (Å²) in [6, 6.07) is 19.0. The van der Waals surface area contributed by atoms with Crippen LogP contribution in [0.2, 0.25) is 5.02 Å². The fraction of sp³-hybridized carbons (Fsp3) is 0.125. The highest BCUT2D eigenvalue weighted by atomic mass is 35.5. The van der Waals surface area contributed by atoms with Crippen molar-refractivity contribution in [3.05, 3.63) is 70.7 Å². The molecule has 3 rings (SSSR count). The van der Waals surface area contributed by atoms with Crippen LogP contribution in [0.1, 0.15) is 17.2 Å². The Morgan fingerprint density at radius 2 is 1.76 bits per heavy atom. The highest BCUT2D eigenvalue weighted by Gasteiger charge is 2.10. The van der Waals surface area contributed by atoms with Crippen LogP contribution >= 0.6 is 11.6 Å². The standard InChI is InChI=1S/C15H12ClNO.CHNO/c16-14-8-6-12(7-9-14)11-18-15(10-17)13-4-2-1-3-5-13;1-2-3-1/h1-9,15H,11H2;1H. The van der Waals surface area contributed by atoms with Crippen LogP contribution in [-0.2, 0) is 16.2 Å². The van der Waals surface area contributed by atoms with Gasteiger partial charge in [-0.25, -0.2) is 0 Å². The maximum absolute atomic E-state index is 9.11. The Labute approximate surface area is 128 Å². The summed E-state index contributed by atoms with van der Waals surface area (Å²) in [4.78, 5) is 4.00. The number of ether oxygens (including phenoxy) is 1. The lowest BCUT2D eigenvalue weighted by Gasteiger charge is -2.11. The van der Waals surface area contributed by atoms with Gasteiger partial charge in [0.05, 0.1) is 12.7 Å². The first-order valence-corrected chi connectivity index (χ1v) is 6.65. The van der Waals surface area contributed by atoms with E-state index in [9.17, 15) is 0 Å². The summed E-state index contributed by atoms with van der Waals surface area (Å²) in [6.07, 6.45) is 0.835. The molecule has 1 aliphatic heterocycles. The molecule has 0 fully saturated rings. The molecule has 1 unspecified atom stereocenters. The average Bonchev–Trinajstić information content (AvgIpc) is 3.39. The van der Waals surface area contributed by atoms with Crippen molar-refractivity contribution in [2.75, 3.05) is 0 Å². The normalized spacial score (nSPS) is 12.4. The van der Waals surface area contributed by atoms with Gasteiger partial charge in [-0.2, -0.15) is 5.26 Å². The van der Waals surface area contributed by atoms with Crippen molar-refractivity contribution in [1.29, 1.82) is 5.26 Å². The maximum Gasteiger partial charge on any atom is 0.249 e. The van der Waals surface area contributed by atoms with Gasteiger partial charge in [-0.15, -0.1) is 0 Å². The molecular weight excluding hydrogens is 288 g/mol. The van der Waals surface area contributed by atoms with E-state index < -0.39 is 6.10 Å². The molecule has 1 aliphatic rings. The van der Waals surface area contributed by atoms with Gasteiger partial charge < -0.3 is 9.57 Å². The molecule has 5 heteroatoms. The molecule has 0 bridgehead atoms. The Morgan fingerprint density at radius 3 is 2.29 bits per heavy atom. The molecule has 0 amide bonds. The maximum atomic E-state index is 9.11. The zero-order valence-electron chi connectivity index (χ0n) is 11.1. The van der Waals surface area contributed by atoms with Crippen LogP contribution in [0.4, 0.5) is 0 Å². The van der Waals surface area contributed by atoms with E-state index in [0.29, 0.717) is 11.6 Å². The van der Waals surface area contributed by atoms with Gasteiger partial charge in [-0.1, -0.05) is 54.1 Å². The third kappa shape index (κ3) is 5.65. The molecule has 0 saturated heterocycles. The van der Waals surface area contributed by atoms with E-state index in [1.807, 2.05) is 54.6 Å². The van der Waals surface area contributed by atoms with Gasteiger partial charge in [0.2, 0.25) is 6.40 Å². The second kappa shape index (κ2) is 8.05. The van der Waals surface area contributed by atoms with Gasteiger partial charge in [-0.3, -0.25) is 0 Å². The molecule has 1 heterocycles. The molecule has 4 nitrogen and oxygen atoms in total. The molecule has 2 aromatic carbocycles. The fourth-order valence-corrected chi connectivity index (χ4v) is 1.72. The van der Waals surface area contributed by atoms with Gasteiger partial charge in [0.15, 0.2) is 6.10 Å². The van der Waals surface area contributed by atoms with Crippen molar-refractivity contribution in [1.82, 2.24) is 0 Å². The first-order chi connectivity index (χ1) is 10.3. The minimum atomic E-state index is -0.540. The zero-order chi connectivity index (χ0) is 14.9. The minimum absolute atomic E-state index is 0.393. The van der Waals surface area contributed by atoms with E-state index in [4.69, 9.17) is 21.6 Å². The molecule has 0 N–H and O–H groups in total. The number of benzene rings is 2. The van der Waals surface area contributed by atoms with Gasteiger partial charge >= 0.3 is 0 Å². The van der Waals surface area contributed by atoms with Crippen molar-refractivity contribution in [3.63, 3.8) is 0 Å². The lowest BCUT2D eigenvalue weighted by atomic mass is 10.1. The third-order valence-corrected chi connectivity index (χ3v) is 2.91. The predicted octanol–water partition coefficient (Wildman–Crippen LogP) is 4.08. The van der Waals surface area contributed by atoms with Crippen molar-refractivity contribution in [2.24, 2.45) is 5.16 Å². The fourth-order valence-electron chi connectivity index (χ4n) is 1.60. The average molecular weight is 301 g/mol. The Balaban J connectivity index is 0.000000477. The predicted molar refractivity (Wildman–Crippen MR) is 80.6 cm³/mol. The summed E-state index contributed by atoms with van der Waals surface area (Å²) in [5.74, 6) is 0. The lowest BCUT2D eigenvalue weighted by molar-refractivity contribution is 0.0767. The number of hydrogen-bond acceptors (Lipinski definition) is 4. The number of oxime groups is 1. The van der Waals surface area contributed by atoms with Crippen molar-refractivity contribution in [3.8, 4) is 6.07 Å². The first kappa shape index (κ1) is 15.0. The number of rotatable bonds is 4. The Bertz CT molecular complexity index is 617. The van der Waals surface area contributed by atoms with Crippen LogP contribution in [0.3, 0.4) is 0 Å². The summed E-state index contributed by atoms with van der Waals surface area (Å²) in [5, 5.41) is 12.9. The first-order valence-electron chi connectivity index (χ1n) is 6.28. The quantitative estimate of drug-likeness (QED) is 0.854. The molecule has 0 spiro atoms. The SMILES string of the molecule is C1=NO1.N#CC(OCc1ccc(Cl)cc1)c1ccccc1. The van der Waals surface area contributed by atoms with E-state index >= 15 is 0 Å². The van der Waals surface area contributed by atoms with Crippen LogP contribution in [0.15, 0.2) is 59.8 Å². The summed E-state index contributed by atoms with van der Waals surface area (Å²) >= 11 is 5.80. The Kier molecular flexibility index (Phi) is 5.77. The van der Waals surface area contributed by atoms with Crippen molar-refractivity contribution >= 4 is 18.0 Å². The highest BCUT2D eigenvalue weighted by molar-refractivity contribution is 6.30. The zero-order valence-corrected chi connectivity index (χ0v) is 11.9.